The number of nitrogens with one attached hydrogen (secondary N) is 3. The molecule has 0 unspecified atom stereocenters. The average molecular weight is 445 g/mol. The molecule has 0 aliphatic heterocycles. The Morgan fingerprint density at radius 3 is 2.33 bits per heavy atom. The van der Waals surface area contributed by atoms with E-state index in [-0.39, 0.29) is 18.1 Å². The van der Waals surface area contributed by atoms with Gasteiger partial charge < -0.3 is 20.9 Å². The van der Waals surface area contributed by atoms with Crippen LogP contribution >= 0.6 is 0 Å². The second-order valence-electron chi connectivity index (χ2n) is 9.45. The summed E-state index contributed by atoms with van der Waals surface area (Å²) in [7, 11) is 4.01. The predicted molar refractivity (Wildman–Crippen MR) is 133 cm³/mol. The lowest BCUT2D eigenvalue weighted by molar-refractivity contribution is 0.231. The first-order valence-electron chi connectivity index (χ1n) is 11.9. The molecule has 172 valence electrons. The first-order chi connectivity index (χ1) is 16.1. The maximum atomic E-state index is 12.5. The molecule has 7 heteroatoms. The molecule has 2 aromatic carbocycles. The van der Waals surface area contributed by atoms with Crippen LogP contribution in [0.3, 0.4) is 0 Å². The first kappa shape index (κ1) is 21.5. The number of carbonyl (C=O) groups is 1. The van der Waals surface area contributed by atoms with Gasteiger partial charge in [0.1, 0.15) is 5.82 Å². The zero-order valence-corrected chi connectivity index (χ0v) is 19.3. The van der Waals surface area contributed by atoms with Gasteiger partial charge in [-0.05, 0) is 49.8 Å². The fourth-order valence-corrected chi connectivity index (χ4v) is 4.85. The molecule has 7 nitrogen and oxygen atoms in total. The van der Waals surface area contributed by atoms with Crippen LogP contribution in [0.25, 0.3) is 10.9 Å². The zero-order valence-electron chi connectivity index (χ0n) is 19.3. The van der Waals surface area contributed by atoms with Gasteiger partial charge in [0, 0.05) is 43.5 Å². The molecule has 2 amide bonds. The molecule has 0 spiro atoms. The van der Waals surface area contributed by atoms with Crippen LogP contribution in [0.15, 0.2) is 54.6 Å². The van der Waals surface area contributed by atoms with Gasteiger partial charge in [0.15, 0.2) is 0 Å². The van der Waals surface area contributed by atoms with E-state index < -0.39 is 0 Å². The fraction of sp³-hybridized carbons (Fsp3) is 0.423. The lowest BCUT2D eigenvalue weighted by atomic mass is 9.91. The summed E-state index contributed by atoms with van der Waals surface area (Å²) in [6.07, 6.45) is 4.88. The number of aromatic nitrogens is 2. The van der Waals surface area contributed by atoms with Crippen LogP contribution in [-0.2, 0) is 0 Å². The van der Waals surface area contributed by atoms with E-state index in [0.717, 1.165) is 48.8 Å². The molecule has 0 saturated heterocycles. The third-order valence-corrected chi connectivity index (χ3v) is 6.74. The molecule has 1 heterocycles. The van der Waals surface area contributed by atoms with Crippen molar-refractivity contribution in [1.29, 1.82) is 0 Å². The third kappa shape index (κ3) is 5.02. The summed E-state index contributed by atoms with van der Waals surface area (Å²) in [5.41, 5.74) is 2.25. The molecular formula is C26H32N6O. The van der Waals surface area contributed by atoms with E-state index in [1.807, 2.05) is 43.3 Å². The van der Waals surface area contributed by atoms with Gasteiger partial charge in [0.2, 0.25) is 5.95 Å². The van der Waals surface area contributed by atoms with Crippen LogP contribution in [0.4, 0.5) is 16.6 Å². The highest BCUT2D eigenvalue weighted by Crippen LogP contribution is 2.40. The highest BCUT2D eigenvalue weighted by Gasteiger charge is 2.39. The number of hydrogen-bond donors (Lipinski definition) is 3. The van der Waals surface area contributed by atoms with Crippen molar-refractivity contribution in [1.82, 2.24) is 20.6 Å². The Hall–Kier alpha value is -3.35. The summed E-state index contributed by atoms with van der Waals surface area (Å²) in [6.45, 7) is 0. The maximum Gasteiger partial charge on any atom is 0.315 e. The number of fused-ring (bicyclic) bond motifs is 1. The van der Waals surface area contributed by atoms with Crippen LogP contribution < -0.4 is 20.9 Å². The molecule has 2 aliphatic rings. The zero-order chi connectivity index (χ0) is 22.8. The lowest BCUT2D eigenvalue weighted by Gasteiger charge is -2.30. The van der Waals surface area contributed by atoms with E-state index in [1.165, 1.54) is 5.56 Å². The molecule has 1 aromatic heterocycles. The molecule has 0 radical (unpaired) electrons. The van der Waals surface area contributed by atoms with Gasteiger partial charge in [-0.15, -0.1) is 0 Å². The van der Waals surface area contributed by atoms with Crippen molar-refractivity contribution < 1.29 is 4.79 Å². The SMILES string of the molecule is CN(C)c1nc(NC2CCC(NC(=O)N[C@@H]3C[C@H]3c3ccccc3)CC2)nc2ccccc12. The van der Waals surface area contributed by atoms with E-state index in [4.69, 9.17) is 9.97 Å². The molecular weight excluding hydrogens is 412 g/mol. The quantitative estimate of drug-likeness (QED) is 0.529. The number of hydrogen-bond acceptors (Lipinski definition) is 5. The highest BCUT2D eigenvalue weighted by molar-refractivity contribution is 5.90. The van der Waals surface area contributed by atoms with E-state index in [0.29, 0.717) is 17.9 Å². The van der Waals surface area contributed by atoms with Crippen molar-refractivity contribution in [3.8, 4) is 0 Å². The van der Waals surface area contributed by atoms with Gasteiger partial charge in [-0.1, -0.05) is 42.5 Å². The van der Waals surface area contributed by atoms with Crippen molar-refractivity contribution in [2.24, 2.45) is 0 Å². The minimum absolute atomic E-state index is 0.0386. The number of anilines is 2. The molecule has 3 N–H and O–H groups in total. The monoisotopic (exact) mass is 444 g/mol. The topological polar surface area (TPSA) is 82.2 Å². The highest BCUT2D eigenvalue weighted by atomic mass is 16.2. The van der Waals surface area contributed by atoms with Crippen LogP contribution in [0.1, 0.15) is 43.6 Å². The number of benzene rings is 2. The smallest absolute Gasteiger partial charge is 0.315 e. The first-order valence-corrected chi connectivity index (χ1v) is 11.9. The minimum atomic E-state index is -0.0386. The molecule has 33 heavy (non-hydrogen) atoms. The summed E-state index contributed by atoms with van der Waals surface area (Å²) >= 11 is 0. The van der Waals surface area contributed by atoms with Crippen molar-refractivity contribution in [2.75, 3.05) is 24.3 Å². The largest absolute Gasteiger partial charge is 0.362 e. The Bertz CT molecular complexity index is 1110. The third-order valence-electron chi connectivity index (χ3n) is 6.74. The number of nitrogens with zero attached hydrogens (tertiary/aromatic N) is 3. The molecule has 2 aliphatic carbocycles. The fourth-order valence-electron chi connectivity index (χ4n) is 4.85. The summed E-state index contributed by atoms with van der Waals surface area (Å²) in [5, 5.41) is 10.9. The number of para-hydroxylation sites is 1. The Morgan fingerprint density at radius 2 is 1.58 bits per heavy atom. The van der Waals surface area contributed by atoms with E-state index in [9.17, 15) is 4.79 Å². The molecule has 2 atom stereocenters. The molecule has 0 bridgehead atoms. The summed E-state index contributed by atoms with van der Waals surface area (Å²) in [5.74, 6) is 2.04. The standard InChI is InChI=1S/C26H32N6O/c1-32(2)24-20-10-6-7-11-22(20)29-25(31-24)27-18-12-14-19(15-13-18)28-26(33)30-23-16-21(23)17-8-4-3-5-9-17/h3-11,18-19,21,23H,12-16H2,1-2H3,(H,27,29,31)(H2,28,30,33)/t18?,19?,21-,23+/m0/s1. The normalized spacial score (nSPS) is 24.2. The van der Waals surface area contributed by atoms with Crippen LogP contribution in [0.5, 0.6) is 0 Å². The Balaban J connectivity index is 1.11. The van der Waals surface area contributed by atoms with Gasteiger partial charge >= 0.3 is 6.03 Å². The lowest BCUT2D eigenvalue weighted by Crippen LogP contribution is -2.45. The van der Waals surface area contributed by atoms with Crippen LogP contribution in [0, 0.1) is 0 Å². The second-order valence-corrected chi connectivity index (χ2v) is 9.45. The van der Waals surface area contributed by atoms with E-state index >= 15 is 0 Å². The molecule has 3 aromatic rings. The van der Waals surface area contributed by atoms with Crippen LogP contribution in [-0.4, -0.2) is 48.2 Å². The van der Waals surface area contributed by atoms with Crippen LogP contribution in [0.2, 0.25) is 0 Å². The Morgan fingerprint density at radius 1 is 0.879 bits per heavy atom. The minimum Gasteiger partial charge on any atom is -0.362 e. The van der Waals surface area contributed by atoms with Gasteiger partial charge in [-0.2, -0.15) is 4.98 Å². The Kier molecular flexibility index (Phi) is 6.03. The number of amides is 2. The van der Waals surface area contributed by atoms with Gasteiger partial charge in [-0.25, -0.2) is 9.78 Å². The van der Waals surface area contributed by atoms with Gasteiger partial charge in [0.05, 0.1) is 5.52 Å². The predicted octanol–water partition coefficient (Wildman–Crippen LogP) is 4.27. The van der Waals surface area contributed by atoms with E-state index in [1.54, 1.807) is 0 Å². The maximum absolute atomic E-state index is 12.5. The van der Waals surface area contributed by atoms with Crippen molar-refractivity contribution in [2.45, 2.75) is 56.1 Å². The molecule has 5 rings (SSSR count). The van der Waals surface area contributed by atoms with Gasteiger partial charge in [-0.3, -0.25) is 0 Å². The average Bonchev–Trinajstić information content (AvgIpc) is 3.59. The molecule has 2 fully saturated rings. The van der Waals surface area contributed by atoms with Crippen molar-refractivity contribution >= 4 is 28.7 Å². The summed E-state index contributed by atoms with van der Waals surface area (Å²) in [4.78, 5) is 24.0. The number of carbonyl (C=O) groups excluding carboxylic acids is 1. The van der Waals surface area contributed by atoms with Crippen molar-refractivity contribution in [3.05, 3.63) is 60.2 Å². The summed E-state index contributed by atoms with van der Waals surface area (Å²) in [6, 6.07) is 19.3. The van der Waals surface area contributed by atoms with Crippen molar-refractivity contribution in [3.63, 3.8) is 0 Å². The molecule has 2 saturated carbocycles. The Labute approximate surface area is 195 Å². The van der Waals surface area contributed by atoms with E-state index in [2.05, 4.69) is 46.3 Å². The second kappa shape index (κ2) is 9.25. The summed E-state index contributed by atoms with van der Waals surface area (Å²) < 4.78 is 0. The number of rotatable bonds is 6. The number of urea groups is 1. The van der Waals surface area contributed by atoms with Gasteiger partial charge in [0.25, 0.3) is 0 Å².